The van der Waals surface area contributed by atoms with Crippen molar-refractivity contribution in [3.8, 4) is 0 Å². The first kappa shape index (κ1) is 13.9. The SMILES string of the molecule is Cc1c(N)cccc1S(=O)(=O)NC1CCOC1C1CC1. The second kappa shape index (κ2) is 5.02. The van der Waals surface area contributed by atoms with Gasteiger partial charge in [0.05, 0.1) is 17.0 Å². The molecule has 3 rings (SSSR count). The summed E-state index contributed by atoms with van der Waals surface area (Å²) in [6.45, 7) is 2.36. The molecule has 0 amide bonds. The Morgan fingerprint density at radius 3 is 2.75 bits per heavy atom. The van der Waals surface area contributed by atoms with E-state index < -0.39 is 10.0 Å². The van der Waals surface area contributed by atoms with E-state index in [4.69, 9.17) is 10.5 Å². The normalized spacial score (nSPS) is 26.9. The summed E-state index contributed by atoms with van der Waals surface area (Å²) >= 11 is 0. The lowest BCUT2D eigenvalue weighted by molar-refractivity contribution is 0.0848. The van der Waals surface area contributed by atoms with Crippen molar-refractivity contribution in [3.63, 3.8) is 0 Å². The summed E-state index contributed by atoms with van der Waals surface area (Å²) in [5.41, 5.74) is 6.89. The van der Waals surface area contributed by atoms with Gasteiger partial charge in [0, 0.05) is 12.3 Å². The average molecular weight is 296 g/mol. The fraction of sp³-hybridized carbons (Fsp3) is 0.571. The van der Waals surface area contributed by atoms with Crippen molar-refractivity contribution in [2.45, 2.75) is 43.2 Å². The summed E-state index contributed by atoms with van der Waals surface area (Å²) in [5.74, 6) is 0.520. The zero-order valence-electron chi connectivity index (χ0n) is 11.5. The summed E-state index contributed by atoms with van der Waals surface area (Å²) in [5, 5.41) is 0. The second-order valence-corrected chi connectivity index (χ2v) is 7.34. The number of nitrogens with two attached hydrogens (primary N) is 1. The molecule has 2 aliphatic rings. The molecule has 1 saturated heterocycles. The molecule has 0 radical (unpaired) electrons. The Balaban J connectivity index is 1.83. The van der Waals surface area contributed by atoms with Crippen molar-refractivity contribution in [1.82, 2.24) is 4.72 Å². The number of hydrogen-bond donors (Lipinski definition) is 2. The van der Waals surface area contributed by atoms with E-state index in [1.165, 1.54) is 0 Å². The molecule has 0 bridgehead atoms. The van der Waals surface area contributed by atoms with Gasteiger partial charge in [-0.05, 0) is 49.8 Å². The van der Waals surface area contributed by atoms with Crippen molar-refractivity contribution >= 4 is 15.7 Å². The molecule has 1 saturated carbocycles. The summed E-state index contributed by atoms with van der Waals surface area (Å²) in [7, 11) is -3.55. The molecule has 2 fully saturated rings. The van der Waals surface area contributed by atoms with E-state index in [0.29, 0.717) is 23.8 Å². The first-order valence-corrected chi connectivity index (χ1v) is 8.46. The predicted molar refractivity (Wildman–Crippen MR) is 76.8 cm³/mol. The molecule has 6 heteroatoms. The van der Waals surface area contributed by atoms with Crippen molar-refractivity contribution < 1.29 is 13.2 Å². The van der Waals surface area contributed by atoms with Crippen LogP contribution in [0.15, 0.2) is 23.1 Å². The third kappa shape index (κ3) is 2.55. The minimum Gasteiger partial charge on any atom is -0.398 e. The maximum atomic E-state index is 12.5. The molecule has 1 aliphatic heterocycles. The largest absolute Gasteiger partial charge is 0.398 e. The molecule has 0 aromatic heterocycles. The van der Waals surface area contributed by atoms with Gasteiger partial charge in [-0.2, -0.15) is 0 Å². The van der Waals surface area contributed by atoms with Crippen LogP contribution in [0.2, 0.25) is 0 Å². The van der Waals surface area contributed by atoms with E-state index in [0.717, 1.165) is 19.3 Å². The van der Waals surface area contributed by atoms with Crippen LogP contribution >= 0.6 is 0 Å². The van der Waals surface area contributed by atoms with Crippen LogP contribution in [0.25, 0.3) is 0 Å². The van der Waals surface area contributed by atoms with E-state index in [-0.39, 0.29) is 17.0 Å². The molecule has 3 N–H and O–H groups in total. The minimum atomic E-state index is -3.55. The molecule has 5 nitrogen and oxygen atoms in total. The van der Waals surface area contributed by atoms with Crippen LogP contribution in [0.4, 0.5) is 5.69 Å². The van der Waals surface area contributed by atoms with Crippen molar-refractivity contribution in [2.75, 3.05) is 12.3 Å². The highest BCUT2D eigenvalue weighted by Gasteiger charge is 2.42. The van der Waals surface area contributed by atoms with E-state index >= 15 is 0 Å². The van der Waals surface area contributed by atoms with Gasteiger partial charge in [0.2, 0.25) is 10.0 Å². The Hall–Kier alpha value is -1.11. The predicted octanol–water partition coefficient (Wildman–Crippen LogP) is 1.42. The van der Waals surface area contributed by atoms with Gasteiger partial charge in [-0.25, -0.2) is 13.1 Å². The lowest BCUT2D eigenvalue weighted by Gasteiger charge is -2.20. The monoisotopic (exact) mass is 296 g/mol. The molecular weight excluding hydrogens is 276 g/mol. The molecule has 1 aromatic rings. The van der Waals surface area contributed by atoms with E-state index in [1.807, 2.05) is 0 Å². The molecule has 2 unspecified atom stereocenters. The van der Waals surface area contributed by atoms with Gasteiger partial charge < -0.3 is 10.5 Å². The molecule has 110 valence electrons. The van der Waals surface area contributed by atoms with Gasteiger partial charge >= 0.3 is 0 Å². The number of benzene rings is 1. The van der Waals surface area contributed by atoms with Gasteiger partial charge in [-0.15, -0.1) is 0 Å². The maximum absolute atomic E-state index is 12.5. The number of anilines is 1. The third-order valence-corrected chi connectivity index (χ3v) is 5.78. The van der Waals surface area contributed by atoms with E-state index in [2.05, 4.69) is 4.72 Å². The molecule has 2 atom stereocenters. The summed E-state index contributed by atoms with van der Waals surface area (Å²) < 4.78 is 33.5. The van der Waals surface area contributed by atoms with Crippen LogP contribution < -0.4 is 10.5 Å². The summed E-state index contributed by atoms with van der Waals surface area (Å²) in [4.78, 5) is 0.263. The van der Waals surface area contributed by atoms with Crippen LogP contribution in [-0.2, 0) is 14.8 Å². The van der Waals surface area contributed by atoms with Crippen LogP contribution in [0.3, 0.4) is 0 Å². The van der Waals surface area contributed by atoms with Gasteiger partial charge in [0.15, 0.2) is 0 Å². The van der Waals surface area contributed by atoms with E-state index in [9.17, 15) is 8.42 Å². The van der Waals surface area contributed by atoms with Crippen LogP contribution in [-0.4, -0.2) is 27.2 Å². The van der Waals surface area contributed by atoms with Gasteiger partial charge in [-0.1, -0.05) is 6.07 Å². The topological polar surface area (TPSA) is 81.4 Å². The summed E-state index contributed by atoms with van der Waals surface area (Å²) in [6, 6.07) is 4.85. The Labute approximate surface area is 119 Å². The maximum Gasteiger partial charge on any atom is 0.241 e. The van der Waals surface area contributed by atoms with Crippen molar-refractivity contribution in [2.24, 2.45) is 5.92 Å². The Kier molecular flexibility index (Phi) is 3.48. The van der Waals surface area contributed by atoms with Crippen LogP contribution in [0.1, 0.15) is 24.8 Å². The highest BCUT2D eigenvalue weighted by atomic mass is 32.2. The van der Waals surface area contributed by atoms with Gasteiger partial charge in [-0.3, -0.25) is 0 Å². The second-order valence-electron chi connectivity index (χ2n) is 5.66. The molecule has 20 heavy (non-hydrogen) atoms. The molecule has 0 spiro atoms. The molecule has 1 aromatic carbocycles. The first-order valence-electron chi connectivity index (χ1n) is 6.98. The van der Waals surface area contributed by atoms with Crippen molar-refractivity contribution in [1.29, 1.82) is 0 Å². The zero-order chi connectivity index (χ0) is 14.3. The highest BCUT2D eigenvalue weighted by Crippen LogP contribution is 2.39. The number of nitrogen functional groups attached to an aromatic ring is 1. The lowest BCUT2D eigenvalue weighted by Crippen LogP contribution is -2.41. The Bertz CT molecular complexity index is 611. The quantitative estimate of drug-likeness (QED) is 0.823. The van der Waals surface area contributed by atoms with Gasteiger partial charge in [0.1, 0.15) is 0 Å². The minimum absolute atomic E-state index is 0.0335. The molecule has 1 aliphatic carbocycles. The molecule has 1 heterocycles. The van der Waals surface area contributed by atoms with Gasteiger partial charge in [0.25, 0.3) is 0 Å². The number of nitrogens with one attached hydrogen (secondary N) is 1. The average Bonchev–Trinajstić information content (AvgIpc) is 3.13. The van der Waals surface area contributed by atoms with Crippen molar-refractivity contribution in [3.05, 3.63) is 23.8 Å². The first-order chi connectivity index (χ1) is 9.49. The van der Waals surface area contributed by atoms with E-state index in [1.54, 1.807) is 25.1 Å². The Morgan fingerprint density at radius 2 is 2.05 bits per heavy atom. The highest BCUT2D eigenvalue weighted by molar-refractivity contribution is 7.89. The standard InChI is InChI=1S/C14H20N2O3S/c1-9-11(15)3-2-4-13(9)20(17,18)16-12-7-8-19-14(12)10-5-6-10/h2-4,10,12,14,16H,5-8,15H2,1H3. The third-order valence-electron chi connectivity index (χ3n) is 4.14. The lowest BCUT2D eigenvalue weighted by atomic mass is 10.1. The Morgan fingerprint density at radius 1 is 1.30 bits per heavy atom. The fourth-order valence-corrected chi connectivity index (χ4v) is 4.37. The number of ether oxygens (including phenoxy) is 1. The summed E-state index contributed by atoms with van der Waals surface area (Å²) in [6.07, 6.45) is 3.05. The smallest absolute Gasteiger partial charge is 0.241 e. The number of rotatable bonds is 4. The molecular formula is C14H20N2O3S. The fourth-order valence-electron chi connectivity index (χ4n) is 2.81. The van der Waals surface area contributed by atoms with Crippen LogP contribution in [0, 0.1) is 12.8 Å². The van der Waals surface area contributed by atoms with Crippen LogP contribution in [0.5, 0.6) is 0 Å². The zero-order valence-corrected chi connectivity index (χ0v) is 12.3. The number of sulfonamides is 1. The number of hydrogen-bond acceptors (Lipinski definition) is 4.